The predicted molar refractivity (Wildman–Crippen MR) is 47.7 cm³/mol. The number of aryl methyl sites for hydroxylation is 1. The van der Waals surface area contributed by atoms with Gasteiger partial charge in [0.05, 0.1) is 23.7 Å². The van der Waals surface area contributed by atoms with Crippen LogP contribution in [0.1, 0.15) is 23.1 Å². The van der Waals surface area contributed by atoms with E-state index >= 15 is 0 Å². The van der Waals surface area contributed by atoms with E-state index < -0.39 is 0 Å². The molecule has 0 atom stereocenters. The summed E-state index contributed by atoms with van der Waals surface area (Å²) in [4.78, 5) is 19.3. The summed E-state index contributed by atoms with van der Waals surface area (Å²) in [5.41, 5.74) is 2.06. The zero-order chi connectivity index (χ0) is 9.42. The van der Waals surface area contributed by atoms with E-state index in [1.54, 1.807) is 16.9 Å². The number of fused-ring (bicyclic) bond motifs is 1. The van der Waals surface area contributed by atoms with Gasteiger partial charge in [-0.2, -0.15) is 0 Å². The maximum atomic E-state index is 11.2. The number of carbonyl (C=O) groups is 1. The summed E-state index contributed by atoms with van der Waals surface area (Å²) >= 11 is 0. The Morgan fingerprint density at radius 2 is 2.31 bits per heavy atom. The predicted octanol–water partition coefficient (Wildman–Crippen LogP) is 1.24. The number of carbonyl (C=O) groups excluding carboxylic acids is 1. The molecule has 0 aliphatic carbocycles. The minimum Gasteiger partial charge on any atom is -0.302 e. The number of hydrogen-bond donors (Lipinski definition) is 0. The largest absolute Gasteiger partial charge is 0.302 e. The molecule has 0 saturated carbocycles. The van der Waals surface area contributed by atoms with Crippen molar-refractivity contribution in [3.8, 4) is 0 Å². The van der Waals surface area contributed by atoms with Crippen LogP contribution in [0.4, 0.5) is 0 Å². The molecule has 0 amide bonds. The van der Waals surface area contributed by atoms with Crippen molar-refractivity contribution in [1.82, 2.24) is 14.4 Å². The van der Waals surface area contributed by atoms with Gasteiger partial charge in [0.1, 0.15) is 5.69 Å². The summed E-state index contributed by atoms with van der Waals surface area (Å²) in [7, 11) is 0. The van der Waals surface area contributed by atoms with Crippen LogP contribution >= 0.6 is 0 Å². The molecule has 2 aromatic rings. The lowest BCUT2D eigenvalue weighted by Gasteiger charge is -2.00. The molecule has 0 N–H and O–H groups in total. The van der Waals surface area contributed by atoms with Crippen LogP contribution in [0.3, 0.4) is 0 Å². The first-order chi connectivity index (χ1) is 6.18. The number of aromatic nitrogens is 3. The zero-order valence-electron chi connectivity index (χ0n) is 7.48. The molecular weight excluding hydrogens is 166 g/mol. The van der Waals surface area contributed by atoms with E-state index in [2.05, 4.69) is 9.97 Å². The molecule has 0 aromatic carbocycles. The molecule has 66 valence electrons. The van der Waals surface area contributed by atoms with Crippen molar-refractivity contribution < 1.29 is 4.79 Å². The summed E-state index contributed by atoms with van der Waals surface area (Å²) in [6, 6.07) is 0. The van der Waals surface area contributed by atoms with E-state index in [1.165, 1.54) is 6.92 Å². The van der Waals surface area contributed by atoms with E-state index in [0.29, 0.717) is 5.69 Å². The molecule has 0 saturated heterocycles. The first kappa shape index (κ1) is 7.91. The molecule has 4 heteroatoms. The summed E-state index contributed by atoms with van der Waals surface area (Å²) in [6.45, 7) is 3.36. The lowest BCUT2D eigenvalue weighted by Crippen LogP contribution is -2.02. The normalized spacial score (nSPS) is 10.6. The molecule has 0 spiro atoms. The molecule has 0 fully saturated rings. The molecule has 13 heavy (non-hydrogen) atoms. The molecule has 0 aliphatic rings. The van der Waals surface area contributed by atoms with Crippen molar-refractivity contribution in [2.75, 3.05) is 0 Å². The van der Waals surface area contributed by atoms with Gasteiger partial charge in [0, 0.05) is 13.1 Å². The zero-order valence-corrected chi connectivity index (χ0v) is 7.48. The Morgan fingerprint density at radius 3 is 3.00 bits per heavy atom. The van der Waals surface area contributed by atoms with E-state index in [0.717, 1.165) is 11.2 Å². The van der Waals surface area contributed by atoms with Gasteiger partial charge in [-0.15, -0.1) is 0 Å². The number of nitrogens with zero attached hydrogens (tertiary/aromatic N) is 3. The van der Waals surface area contributed by atoms with Crippen molar-refractivity contribution in [1.29, 1.82) is 0 Å². The second-order valence-corrected chi connectivity index (χ2v) is 2.97. The molecule has 0 aliphatic heterocycles. The van der Waals surface area contributed by atoms with Crippen molar-refractivity contribution in [3.63, 3.8) is 0 Å². The van der Waals surface area contributed by atoms with E-state index in [1.807, 2.05) is 13.1 Å². The van der Waals surface area contributed by atoms with Crippen LogP contribution in [0.2, 0.25) is 0 Å². The van der Waals surface area contributed by atoms with Crippen LogP contribution in [0.5, 0.6) is 0 Å². The summed E-state index contributed by atoms with van der Waals surface area (Å²) in [5, 5.41) is 0. The van der Waals surface area contributed by atoms with E-state index in [4.69, 9.17) is 0 Å². The molecular formula is C9H9N3O. The van der Waals surface area contributed by atoms with Crippen molar-refractivity contribution in [2.45, 2.75) is 13.8 Å². The van der Waals surface area contributed by atoms with Crippen molar-refractivity contribution in [3.05, 3.63) is 30.1 Å². The van der Waals surface area contributed by atoms with Gasteiger partial charge < -0.3 is 4.40 Å². The minimum absolute atomic E-state index is 0.0331. The monoisotopic (exact) mass is 175 g/mol. The Morgan fingerprint density at radius 1 is 1.54 bits per heavy atom. The standard InChI is InChI=1S/C9H9N3O/c1-6-4-12-5-10-3-8(12)9(11-6)7(2)13/h3-5H,1-2H3. The third kappa shape index (κ3) is 1.20. The minimum atomic E-state index is -0.0331. The topological polar surface area (TPSA) is 47.3 Å². The molecule has 0 unspecified atom stereocenters. The maximum absolute atomic E-state index is 11.2. The van der Waals surface area contributed by atoms with Gasteiger partial charge in [0.25, 0.3) is 0 Å². The average Bonchev–Trinajstić information content (AvgIpc) is 2.49. The van der Waals surface area contributed by atoms with Gasteiger partial charge in [-0.05, 0) is 6.92 Å². The highest BCUT2D eigenvalue weighted by Gasteiger charge is 2.08. The highest BCUT2D eigenvalue weighted by Crippen LogP contribution is 2.09. The second-order valence-electron chi connectivity index (χ2n) is 2.97. The van der Waals surface area contributed by atoms with Crippen LogP contribution in [-0.2, 0) is 0 Å². The summed E-state index contributed by atoms with van der Waals surface area (Å²) in [5.74, 6) is -0.0331. The quantitative estimate of drug-likeness (QED) is 0.612. The average molecular weight is 175 g/mol. The summed E-state index contributed by atoms with van der Waals surface area (Å²) in [6.07, 6.45) is 5.15. The van der Waals surface area contributed by atoms with Crippen molar-refractivity contribution in [2.24, 2.45) is 0 Å². The van der Waals surface area contributed by atoms with Crippen LogP contribution in [0.15, 0.2) is 18.7 Å². The smallest absolute Gasteiger partial charge is 0.180 e. The van der Waals surface area contributed by atoms with Gasteiger partial charge >= 0.3 is 0 Å². The maximum Gasteiger partial charge on any atom is 0.180 e. The van der Waals surface area contributed by atoms with Gasteiger partial charge in [0.15, 0.2) is 5.78 Å². The molecule has 4 nitrogen and oxygen atoms in total. The summed E-state index contributed by atoms with van der Waals surface area (Å²) < 4.78 is 1.80. The fourth-order valence-electron chi connectivity index (χ4n) is 1.31. The number of ketones is 1. The second kappa shape index (κ2) is 2.65. The number of hydrogen-bond acceptors (Lipinski definition) is 3. The van der Waals surface area contributed by atoms with Gasteiger partial charge in [-0.3, -0.25) is 4.79 Å². The van der Waals surface area contributed by atoms with Crippen molar-refractivity contribution >= 4 is 11.3 Å². The first-order valence-electron chi connectivity index (χ1n) is 3.99. The third-order valence-electron chi connectivity index (χ3n) is 1.86. The van der Waals surface area contributed by atoms with Gasteiger partial charge in [0.2, 0.25) is 0 Å². The number of rotatable bonds is 1. The van der Waals surface area contributed by atoms with Crippen LogP contribution in [-0.4, -0.2) is 20.2 Å². The van der Waals surface area contributed by atoms with Gasteiger partial charge in [-0.1, -0.05) is 0 Å². The molecule has 2 rings (SSSR count). The third-order valence-corrected chi connectivity index (χ3v) is 1.86. The van der Waals surface area contributed by atoms with E-state index in [9.17, 15) is 4.79 Å². The van der Waals surface area contributed by atoms with Crippen LogP contribution in [0, 0.1) is 6.92 Å². The fourth-order valence-corrected chi connectivity index (χ4v) is 1.31. The Kier molecular flexibility index (Phi) is 1.62. The first-order valence-corrected chi connectivity index (χ1v) is 3.99. The molecule has 2 heterocycles. The molecule has 2 aromatic heterocycles. The van der Waals surface area contributed by atoms with Crippen LogP contribution in [0.25, 0.3) is 5.52 Å². The lowest BCUT2D eigenvalue weighted by molar-refractivity contribution is 0.101. The lowest BCUT2D eigenvalue weighted by atomic mass is 10.2. The highest BCUT2D eigenvalue weighted by molar-refractivity contribution is 5.98. The molecule has 0 radical (unpaired) electrons. The Labute approximate surface area is 75.2 Å². The number of Topliss-reactive ketones (excluding diaryl/α,β-unsaturated/α-hetero) is 1. The van der Waals surface area contributed by atoms with Crippen LogP contribution < -0.4 is 0 Å². The number of imidazole rings is 1. The van der Waals surface area contributed by atoms with E-state index in [-0.39, 0.29) is 5.78 Å². The van der Waals surface area contributed by atoms with Gasteiger partial charge in [-0.25, -0.2) is 9.97 Å². The SMILES string of the molecule is CC(=O)c1nc(C)cn2cncc12. The highest BCUT2D eigenvalue weighted by atomic mass is 16.1. The Balaban J connectivity index is 2.84. The fraction of sp³-hybridized carbons (Fsp3) is 0.222. The Bertz CT molecular complexity index is 473. The molecule has 0 bridgehead atoms. The Hall–Kier alpha value is -1.71.